The Morgan fingerprint density at radius 3 is 2.59 bits per heavy atom. The SMILES string of the molecule is CC(C)(O)c1ccc(NC(=O)c2ccsc2)c(F)c1Nc1ccc(N)nn1. The zero-order valence-corrected chi connectivity index (χ0v) is 15.5. The van der Waals surface area contributed by atoms with E-state index in [0.29, 0.717) is 11.1 Å². The quantitative estimate of drug-likeness (QED) is 0.533. The number of aliphatic hydroxyl groups is 1. The van der Waals surface area contributed by atoms with E-state index in [9.17, 15) is 9.90 Å². The summed E-state index contributed by atoms with van der Waals surface area (Å²) in [7, 11) is 0. The number of hydrogen-bond donors (Lipinski definition) is 4. The van der Waals surface area contributed by atoms with Gasteiger partial charge in [-0.05, 0) is 43.5 Å². The van der Waals surface area contributed by atoms with Crippen molar-refractivity contribution in [3.05, 3.63) is 58.0 Å². The molecular weight excluding hydrogens is 369 g/mol. The first-order chi connectivity index (χ1) is 12.8. The summed E-state index contributed by atoms with van der Waals surface area (Å²) in [5, 5.41) is 26.7. The minimum Gasteiger partial charge on any atom is -0.386 e. The smallest absolute Gasteiger partial charge is 0.256 e. The van der Waals surface area contributed by atoms with Crippen LogP contribution in [0.1, 0.15) is 29.8 Å². The standard InChI is InChI=1S/C18H18FN5O2S/c1-18(2,26)11-3-4-12(21-17(25)10-7-8-27-9-10)15(19)16(11)22-14-6-5-13(20)23-24-14/h3-9,26H,1-2H3,(H2,20,23)(H,21,25)(H,22,24). The molecule has 3 aromatic rings. The molecule has 0 radical (unpaired) electrons. The lowest BCUT2D eigenvalue weighted by molar-refractivity contribution is 0.0791. The number of anilines is 4. The number of carbonyl (C=O) groups is 1. The van der Waals surface area contributed by atoms with E-state index in [0.717, 1.165) is 0 Å². The fraction of sp³-hybridized carbons (Fsp3) is 0.167. The van der Waals surface area contributed by atoms with Crippen LogP contribution in [0, 0.1) is 5.82 Å². The highest BCUT2D eigenvalue weighted by Gasteiger charge is 2.25. The van der Waals surface area contributed by atoms with Crippen LogP contribution >= 0.6 is 11.3 Å². The van der Waals surface area contributed by atoms with Gasteiger partial charge in [-0.3, -0.25) is 4.79 Å². The molecule has 0 aliphatic heterocycles. The molecule has 0 aliphatic carbocycles. The molecule has 1 amide bonds. The molecule has 0 saturated heterocycles. The third-order valence-corrected chi connectivity index (χ3v) is 4.45. The molecule has 0 unspecified atom stereocenters. The van der Waals surface area contributed by atoms with Gasteiger partial charge in [-0.2, -0.15) is 11.3 Å². The summed E-state index contributed by atoms with van der Waals surface area (Å²) in [6.07, 6.45) is 0. The van der Waals surface area contributed by atoms with E-state index in [2.05, 4.69) is 20.8 Å². The summed E-state index contributed by atoms with van der Waals surface area (Å²) >= 11 is 1.37. The van der Waals surface area contributed by atoms with Crippen LogP contribution in [-0.4, -0.2) is 21.2 Å². The Balaban J connectivity index is 1.99. The van der Waals surface area contributed by atoms with Gasteiger partial charge in [0.05, 0.1) is 22.5 Å². The summed E-state index contributed by atoms with van der Waals surface area (Å²) in [5.74, 6) is -0.684. The fourth-order valence-electron chi connectivity index (χ4n) is 2.43. The minimum atomic E-state index is -1.33. The first-order valence-electron chi connectivity index (χ1n) is 8.01. The van der Waals surface area contributed by atoms with Gasteiger partial charge in [-0.15, -0.1) is 10.2 Å². The first-order valence-corrected chi connectivity index (χ1v) is 8.95. The summed E-state index contributed by atoms with van der Waals surface area (Å²) in [4.78, 5) is 12.2. The Kier molecular flexibility index (Phi) is 5.06. The van der Waals surface area contributed by atoms with E-state index in [1.807, 2.05) is 0 Å². The van der Waals surface area contributed by atoms with Gasteiger partial charge < -0.3 is 21.5 Å². The number of thiophene rings is 1. The van der Waals surface area contributed by atoms with Crippen LogP contribution in [0.25, 0.3) is 0 Å². The highest BCUT2D eigenvalue weighted by molar-refractivity contribution is 7.08. The molecule has 140 valence electrons. The van der Waals surface area contributed by atoms with Crippen molar-refractivity contribution in [2.24, 2.45) is 0 Å². The lowest BCUT2D eigenvalue weighted by Gasteiger charge is -2.23. The number of amides is 1. The summed E-state index contributed by atoms with van der Waals surface area (Å²) < 4.78 is 15.2. The van der Waals surface area contributed by atoms with Gasteiger partial charge in [0.1, 0.15) is 5.82 Å². The largest absolute Gasteiger partial charge is 0.386 e. The molecule has 2 aromatic heterocycles. The molecule has 1 aromatic carbocycles. The molecule has 5 N–H and O–H groups in total. The Bertz CT molecular complexity index is 953. The maximum Gasteiger partial charge on any atom is 0.256 e. The highest BCUT2D eigenvalue weighted by Crippen LogP contribution is 2.35. The fourth-order valence-corrected chi connectivity index (χ4v) is 3.07. The van der Waals surface area contributed by atoms with E-state index in [1.54, 1.807) is 22.9 Å². The second-order valence-electron chi connectivity index (χ2n) is 6.34. The van der Waals surface area contributed by atoms with E-state index in [4.69, 9.17) is 5.73 Å². The van der Waals surface area contributed by atoms with Crippen LogP contribution in [0.15, 0.2) is 41.1 Å². The van der Waals surface area contributed by atoms with Gasteiger partial charge in [0.15, 0.2) is 11.6 Å². The number of aromatic nitrogens is 2. The summed E-state index contributed by atoms with van der Waals surface area (Å²) in [5.41, 5.74) is 4.88. The zero-order chi connectivity index (χ0) is 19.6. The Labute approximate surface area is 159 Å². The maximum atomic E-state index is 15.2. The second-order valence-corrected chi connectivity index (χ2v) is 7.12. The number of benzene rings is 1. The molecule has 0 aliphatic rings. The molecule has 0 saturated carbocycles. The minimum absolute atomic E-state index is 0.00955. The molecule has 0 bridgehead atoms. The lowest BCUT2D eigenvalue weighted by Crippen LogP contribution is -2.20. The van der Waals surface area contributed by atoms with Crippen molar-refractivity contribution >= 4 is 40.3 Å². The van der Waals surface area contributed by atoms with Crippen molar-refractivity contribution in [2.45, 2.75) is 19.4 Å². The monoisotopic (exact) mass is 387 g/mol. The molecule has 3 rings (SSSR count). The molecule has 0 spiro atoms. The zero-order valence-electron chi connectivity index (χ0n) is 14.7. The van der Waals surface area contributed by atoms with E-state index < -0.39 is 17.3 Å². The van der Waals surface area contributed by atoms with Gasteiger partial charge >= 0.3 is 0 Å². The topological polar surface area (TPSA) is 113 Å². The van der Waals surface area contributed by atoms with Crippen LogP contribution in [0.3, 0.4) is 0 Å². The average molecular weight is 387 g/mol. The number of nitrogens with two attached hydrogens (primary N) is 1. The van der Waals surface area contributed by atoms with Crippen LogP contribution in [0.4, 0.5) is 27.4 Å². The third-order valence-electron chi connectivity index (χ3n) is 3.77. The Morgan fingerprint density at radius 1 is 1.22 bits per heavy atom. The van der Waals surface area contributed by atoms with Crippen LogP contribution in [0.2, 0.25) is 0 Å². The van der Waals surface area contributed by atoms with Crippen molar-refractivity contribution in [1.82, 2.24) is 10.2 Å². The number of nitrogen functional groups attached to an aromatic ring is 1. The van der Waals surface area contributed by atoms with Crippen LogP contribution < -0.4 is 16.4 Å². The normalized spacial score (nSPS) is 11.3. The van der Waals surface area contributed by atoms with Crippen molar-refractivity contribution in [3.63, 3.8) is 0 Å². The summed E-state index contributed by atoms with van der Waals surface area (Å²) in [6, 6.07) is 7.64. The Morgan fingerprint density at radius 2 is 2.00 bits per heavy atom. The number of carbonyl (C=O) groups excluding carboxylic acids is 1. The van der Waals surface area contributed by atoms with Crippen molar-refractivity contribution < 1.29 is 14.3 Å². The Hall–Kier alpha value is -3.04. The molecule has 7 nitrogen and oxygen atoms in total. The van der Waals surface area contributed by atoms with Gasteiger partial charge in [0, 0.05) is 10.9 Å². The highest BCUT2D eigenvalue weighted by atomic mass is 32.1. The molecular formula is C18H18FN5O2S. The third kappa shape index (κ3) is 4.21. The molecule has 0 atom stereocenters. The summed E-state index contributed by atoms with van der Waals surface area (Å²) in [6.45, 7) is 3.07. The lowest BCUT2D eigenvalue weighted by atomic mass is 9.95. The average Bonchev–Trinajstić information content (AvgIpc) is 3.14. The van der Waals surface area contributed by atoms with Crippen molar-refractivity contribution in [1.29, 1.82) is 0 Å². The van der Waals surface area contributed by atoms with Gasteiger partial charge in [-0.25, -0.2) is 4.39 Å². The van der Waals surface area contributed by atoms with Gasteiger partial charge in [0.2, 0.25) is 0 Å². The first kappa shape index (κ1) is 18.7. The number of nitrogens with zero attached hydrogens (tertiary/aromatic N) is 2. The molecule has 9 heteroatoms. The maximum absolute atomic E-state index is 15.2. The van der Waals surface area contributed by atoms with E-state index >= 15 is 4.39 Å². The number of hydrogen-bond acceptors (Lipinski definition) is 7. The number of rotatable bonds is 5. The number of halogens is 1. The molecule has 2 heterocycles. The van der Waals surface area contributed by atoms with Gasteiger partial charge in [0.25, 0.3) is 5.91 Å². The van der Waals surface area contributed by atoms with Crippen molar-refractivity contribution in [2.75, 3.05) is 16.4 Å². The predicted octanol–water partition coefficient (Wildman–Crippen LogP) is 3.48. The van der Waals surface area contributed by atoms with E-state index in [1.165, 1.54) is 43.4 Å². The van der Waals surface area contributed by atoms with Gasteiger partial charge in [-0.1, -0.05) is 6.07 Å². The molecule has 0 fully saturated rings. The van der Waals surface area contributed by atoms with Crippen molar-refractivity contribution in [3.8, 4) is 0 Å². The van der Waals surface area contributed by atoms with Crippen LogP contribution in [-0.2, 0) is 5.60 Å². The predicted molar refractivity (Wildman–Crippen MR) is 104 cm³/mol. The van der Waals surface area contributed by atoms with E-state index in [-0.39, 0.29) is 23.0 Å². The second kappa shape index (κ2) is 7.29. The number of nitrogens with one attached hydrogen (secondary N) is 2. The molecule has 27 heavy (non-hydrogen) atoms. The van der Waals surface area contributed by atoms with Crippen LogP contribution in [0.5, 0.6) is 0 Å².